The summed E-state index contributed by atoms with van der Waals surface area (Å²) in [5, 5.41) is 2.84. The summed E-state index contributed by atoms with van der Waals surface area (Å²) >= 11 is 0. The van der Waals surface area contributed by atoms with Crippen molar-refractivity contribution < 1.29 is 14.3 Å². The number of nitrogens with one attached hydrogen (secondary N) is 1. The van der Waals surface area contributed by atoms with Crippen molar-refractivity contribution in [1.82, 2.24) is 14.9 Å². The van der Waals surface area contributed by atoms with Gasteiger partial charge in [-0.3, -0.25) is 4.79 Å². The first-order valence-electron chi connectivity index (χ1n) is 6.43. The van der Waals surface area contributed by atoms with Crippen molar-refractivity contribution >= 4 is 17.7 Å². The number of aromatic nitrogens is 2. The lowest BCUT2D eigenvalue weighted by Gasteiger charge is -2.21. The maximum Gasteiger partial charge on any atom is 0.360 e. The monoisotopic (exact) mass is 282 g/mol. The predicted octanol–water partition coefficient (Wildman–Crippen LogP) is 0.729. The van der Waals surface area contributed by atoms with Crippen LogP contribution in [0.4, 0.5) is 5.82 Å². The second-order valence-electron chi connectivity index (χ2n) is 5.49. The number of rotatable bonds is 4. The van der Waals surface area contributed by atoms with E-state index >= 15 is 0 Å². The summed E-state index contributed by atoms with van der Waals surface area (Å²) in [6, 6.07) is 0. The zero-order valence-corrected chi connectivity index (χ0v) is 12.6. The molecule has 0 saturated heterocycles. The summed E-state index contributed by atoms with van der Waals surface area (Å²) in [5.74, 6) is -0.0652. The maximum atomic E-state index is 12.0. The second-order valence-corrected chi connectivity index (χ2v) is 5.49. The number of carbonyl (C=O) groups is 2. The molecule has 0 spiro atoms. The van der Waals surface area contributed by atoms with E-state index in [2.05, 4.69) is 15.0 Å². The van der Waals surface area contributed by atoms with E-state index in [1.807, 2.05) is 27.7 Å². The molecule has 0 unspecified atom stereocenters. The van der Waals surface area contributed by atoms with Crippen LogP contribution < -0.4 is 11.1 Å². The second kappa shape index (κ2) is 5.94. The Morgan fingerprint density at radius 2 is 2.00 bits per heavy atom. The molecule has 1 aromatic rings. The number of imidazole rings is 1. The fourth-order valence-corrected chi connectivity index (χ4v) is 1.81. The van der Waals surface area contributed by atoms with Crippen molar-refractivity contribution in [3.8, 4) is 0 Å². The van der Waals surface area contributed by atoms with Crippen molar-refractivity contribution in [1.29, 1.82) is 0 Å². The molecule has 0 bridgehead atoms. The molecule has 0 atom stereocenters. The average molecular weight is 282 g/mol. The lowest BCUT2D eigenvalue weighted by atomic mass is 10.1. The number of ether oxygens (including phenoxy) is 1. The Balaban J connectivity index is 3.03. The van der Waals surface area contributed by atoms with Crippen LogP contribution >= 0.6 is 0 Å². The zero-order valence-electron chi connectivity index (χ0n) is 12.6. The summed E-state index contributed by atoms with van der Waals surface area (Å²) in [5.41, 5.74) is 5.61. The molecule has 1 amide bonds. The fourth-order valence-electron chi connectivity index (χ4n) is 1.81. The predicted molar refractivity (Wildman–Crippen MR) is 75.3 cm³/mol. The molecule has 0 aliphatic carbocycles. The number of aryl methyl sites for hydroxylation is 1. The number of methoxy groups -OCH3 is 1. The summed E-state index contributed by atoms with van der Waals surface area (Å²) in [7, 11) is 1.26. The minimum atomic E-state index is -0.604. The first kappa shape index (κ1) is 16.0. The van der Waals surface area contributed by atoms with Gasteiger partial charge in [0.2, 0.25) is 5.91 Å². The molecular weight excluding hydrogens is 260 g/mol. The van der Waals surface area contributed by atoms with E-state index in [0.29, 0.717) is 12.2 Å². The lowest BCUT2D eigenvalue weighted by molar-refractivity contribution is -0.123. The Kier molecular flexibility index (Phi) is 4.75. The number of nitrogens with two attached hydrogens (primary N) is 1. The molecule has 0 radical (unpaired) electrons. The van der Waals surface area contributed by atoms with Crippen LogP contribution in [-0.4, -0.2) is 34.1 Å². The highest BCUT2D eigenvalue weighted by Crippen LogP contribution is 2.16. The van der Waals surface area contributed by atoms with Crippen LogP contribution in [0.2, 0.25) is 0 Å². The van der Waals surface area contributed by atoms with Gasteiger partial charge < -0.3 is 20.4 Å². The van der Waals surface area contributed by atoms with Crippen LogP contribution in [-0.2, 0) is 22.5 Å². The Morgan fingerprint density at radius 1 is 1.40 bits per heavy atom. The minimum absolute atomic E-state index is 0.0241. The number of esters is 1. The third-order valence-corrected chi connectivity index (χ3v) is 2.60. The average Bonchev–Trinajstić information content (AvgIpc) is 2.63. The number of anilines is 1. The maximum absolute atomic E-state index is 12.0. The summed E-state index contributed by atoms with van der Waals surface area (Å²) < 4.78 is 6.16. The van der Waals surface area contributed by atoms with Gasteiger partial charge in [-0.25, -0.2) is 9.78 Å². The summed E-state index contributed by atoms with van der Waals surface area (Å²) in [6.45, 7) is 7.57. The van der Waals surface area contributed by atoms with Gasteiger partial charge in [0.1, 0.15) is 18.2 Å². The van der Waals surface area contributed by atoms with Crippen LogP contribution in [0.25, 0.3) is 0 Å². The van der Waals surface area contributed by atoms with Crippen molar-refractivity contribution in [2.75, 3.05) is 12.8 Å². The number of carbonyl (C=O) groups excluding carboxylic acids is 2. The molecule has 112 valence electrons. The van der Waals surface area contributed by atoms with Crippen molar-refractivity contribution in [2.24, 2.45) is 0 Å². The molecule has 1 heterocycles. The standard InChI is InChI=1S/C13H22N4O3/c1-6-8-15-10(12(19)20-5)11(14)17(8)7-9(18)16-13(2,3)4/h6-7,14H2,1-5H3,(H,16,18). The van der Waals surface area contributed by atoms with Crippen molar-refractivity contribution in [2.45, 2.75) is 46.2 Å². The van der Waals surface area contributed by atoms with Crippen molar-refractivity contribution in [3.05, 3.63) is 11.5 Å². The van der Waals surface area contributed by atoms with Crippen LogP contribution in [0.1, 0.15) is 44.0 Å². The molecule has 0 fully saturated rings. The zero-order chi connectivity index (χ0) is 15.5. The topological polar surface area (TPSA) is 99.2 Å². The van der Waals surface area contributed by atoms with E-state index in [0.717, 1.165) is 0 Å². The van der Waals surface area contributed by atoms with Gasteiger partial charge in [-0.05, 0) is 20.8 Å². The SMILES string of the molecule is CCc1nc(C(=O)OC)c(N)n1CC(=O)NC(C)(C)C. The smallest absolute Gasteiger partial charge is 0.360 e. The van der Waals surface area contributed by atoms with Gasteiger partial charge in [0.25, 0.3) is 0 Å². The molecule has 0 aliphatic heterocycles. The molecule has 7 heteroatoms. The van der Waals surface area contributed by atoms with Crippen LogP contribution in [0.15, 0.2) is 0 Å². The van der Waals surface area contributed by atoms with Gasteiger partial charge in [-0.15, -0.1) is 0 Å². The number of hydrogen-bond acceptors (Lipinski definition) is 5. The van der Waals surface area contributed by atoms with E-state index in [4.69, 9.17) is 5.73 Å². The molecule has 0 aliphatic rings. The fraction of sp³-hybridized carbons (Fsp3) is 0.615. The molecule has 1 aromatic heterocycles. The minimum Gasteiger partial charge on any atom is -0.464 e. The van der Waals surface area contributed by atoms with Gasteiger partial charge in [0.15, 0.2) is 5.69 Å². The molecule has 0 saturated carbocycles. The Bertz CT molecular complexity index is 514. The van der Waals surface area contributed by atoms with Crippen molar-refractivity contribution in [3.63, 3.8) is 0 Å². The number of nitrogens with zero attached hydrogens (tertiary/aromatic N) is 2. The number of amides is 1. The van der Waals surface area contributed by atoms with Gasteiger partial charge in [0, 0.05) is 12.0 Å². The van der Waals surface area contributed by atoms with E-state index in [1.54, 1.807) is 0 Å². The number of nitrogen functional groups attached to an aromatic ring is 1. The quantitative estimate of drug-likeness (QED) is 0.793. The Hall–Kier alpha value is -2.05. The lowest BCUT2D eigenvalue weighted by Crippen LogP contribution is -2.42. The largest absolute Gasteiger partial charge is 0.464 e. The highest BCUT2D eigenvalue weighted by molar-refractivity contribution is 5.92. The Morgan fingerprint density at radius 3 is 2.45 bits per heavy atom. The molecule has 3 N–H and O–H groups in total. The normalized spacial score (nSPS) is 11.2. The highest BCUT2D eigenvalue weighted by atomic mass is 16.5. The van der Waals surface area contributed by atoms with Gasteiger partial charge in [-0.2, -0.15) is 0 Å². The van der Waals surface area contributed by atoms with E-state index in [-0.39, 0.29) is 29.5 Å². The first-order valence-corrected chi connectivity index (χ1v) is 6.43. The summed E-state index contributed by atoms with van der Waals surface area (Å²) in [6.07, 6.45) is 0.560. The van der Waals surface area contributed by atoms with E-state index in [9.17, 15) is 9.59 Å². The molecular formula is C13H22N4O3. The molecule has 7 nitrogen and oxygen atoms in total. The van der Waals surface area contributed by atoms with Gasteiger partial charge >= 0.3 is 5.97 Å². The molecule has 1 rings (SSSR count). The van der Waals surface area contributed by atoms with Crippen LogP contribution in [0.5, 0.6) is 0 Å². The third-order valence-electron chi connectivity index (χ3n) is 2.60. The van der Waals surface area contributed by atoms with Gasteiger partial charge in [-0.1, -0.05) is 6.92 Å². The van der Waals surface area contributed by atoms with Crippen LogP contribution in [0, 0.1) is 0 Å². The third kappa shape index (κ3) is 3.72. The van der Waals surface area contributed by atoms with E-state index < -0.39 is 5.97 Å². The van der Waals surface area contributed by atoms with E-state index in [1.165, 1.54) is 11.7 Å². The highest BCUT2D eigenvalue weighted by Gasteiger charge is 2.22. The molecule has 20 heavy (non-hydrogen) atoms. The van der Waals surface area contributed by atoms with Crippen LogP contribution in [0.3, 0.4) is 0 Å². The Labute approximate surface area is 118 Å². The first-order chi connectivity index (χ1) is 9.19. The molecule has 0 aromatic carbocycles. The van der Waals surface area contributed by atoms with Gasteiger partial charge in [0.05, 0.1) is 7.11 Å². The number of hydrogen-bond donors (Lipinski definition) is 2. The summed E-state index contributed by atoms with van der Waals surface area (Å²) in [4.78, 5) is 27.6.